The van der Waals surface area contributed by atoms with E-state index in [9.17, 15) is 4.79 Å². The molecule has 3 heterocycles. The van der Waals surface area contributed by atoms with Gasteiger partial charge in [0.05, 0.1) is 18.8 Å². The smallest absolute Gasteiger partial charge is 0.276 e. The molecule has 140 valence electrons. The molecular weight excluding hydrogens is 320 g/mol. The summed E-state index contributed by atoms with van der Waals surface area (Å²) in [6, 6.07) is 0. The molecule has 25 heavy (non-hydrogen) atoms. The second-order valence-corrected chi connectivity index (χ2v) is 6.84. The Bertz CT molecular complexity index is 543. The van der Waals surface area contributed by atoms with Crippen LogP contribution in [0.5, 0.6) is 0 Å². The Morgan fingerprint density at radius 3 is 2.96 bits per heavy atom. The van der Waals surface area contributed by atoms with Crippen LogP contribution in [0.15, 0.2) is 6.20 Å². The number of hydrogen-bond acceptors (Lipinski definition) is 6. The number of likely N-dealkylation sites (tertiary alicyclic amines) is 1. The summed E-state index contributed by atoms with van der Waals surface area (Å²) in [5.74, 6) is -0.0294. The number of piperidine rings is 1. The van der Waals surface area contributed by atoms with E-state index in [1.54, 1.807) is 10.9 Å². The maximum Gasteiger partial charge on any atom is 0.276 e. The molecule has 1 atom stereocenters. The van der Waals surface area contributed by atoms with Gasteiger partial charge in [0.1, 0.15) is 0 Å². The molecule has 8 nitrogen and oxygen atoms in total. The molecule has 0 saturated carbocycles. The van der Waals surface area contributed by atoms with Crippen LogP contribution in [0.4, 0.5) is 0 Å². The molecule has 1 amide bonds. The predicted molar refractivity (Wildman–Crippen MR) is 94.5 cm³/mol. The van der Waals surface area contributed by atoms with Crippen molar-refractivity contribution in [2.75, 3.05) is 52.4 Å². The summed E-state index contributed by atoms with van der Waals surface area (Å²) in [7, 11) is 0. The first-order valence-corrected chi connectivity index (χ1v) is 9.50. The molecule has 8 heteroatoms. The zero-order chi connectivity index (χ0) is 17.5. The van der Waals surface area contributed by atoms with Crippen molar-refractivity contribution in [1.82, 2.24) is 30.1 Å². The maximum atomic E-state index is 12.7. The molecule has 0 radical (unpaired) electrons. The van der Waals surface area contributed by atoms with Crippen molar-refractivity contribution < 1.29 is 9.53 Å². The van der Waals surface area contributed by atoms with Crippen LogP contribution in [0.2, 0.25) is 0 Å². The average Bonchev–Trinajstić information content (AvgIpc) is 3.14. The minimum absolute atomic E-state index is 0.0294. The zero-order valence-electron chi connectivity index (χ0n) is 15.2. The van der Waals surface area contributed by atoms with Gasteiger partial charge >= 0.3 is 0 Å². The van der Waals surface area contributed by atoms with Crippen molar-refractivity contribution >= 4 is 5.91 Å². The number of hydrogen-bond donors (Lipinski definition) is 1. The van der Waals surface area contributed by atoms with Crippen LogP contribution in [-0.4, -0.2) is 89.2 Å². The van der Waals surface area contributed by atoms with Gasteiger partial charge in [-0.05, 0) is 19.3 Å². The van der Waals surface area contributed by atoms with Crippen molar-refractivity contribution in [2.24, 2.45) is 0 Å². The Hall–Kier alpha value is -1.51. The number of aromatic nitrogens is 3. The predicted octanol–water partition coefficient (Wildman–Crippen LogP) is 0.215. The number of nitrogens with zero attached hydrogens (tertiary/aromatic N) is 5. The molecule has 1 N–H and O–H groups in total. The van der Waals surface area contributed by atoms with Crippen LogP contribution in [0.25, 0.3) is 0 Å². The summed E-state index contributed by atoms with van der Waals surface area (Å²) in [6.07, 6.45) is 4.95. The molecule has 0 spiro atoms. The van der Waals surface area contributed by atoms with Crippen LogP contribution in [0.1, 0.15) is 36.7 Å². The third kappa shape index (κ3) is 5.23. The van der Waals surface area contributed by atoms with E-state index in [0.717, 1.165) is 71.7 Å². The van der Waals surface area contributed by atoms with E-state index in [1.165, 1.54) is 0 Å². The summed E-state index contributed by atoms with van der Waals surface area (Å²) in [4.78, 5) is 16.9. The highest BCUT2D eigenvalue weighted by Crippen LogP contribution is 2.15. The number of carbonyl (C=O) groups is 1. The Balaban J connectivity index is 1.49. The summed E-state index contributed by atoms with van der Waals surface area (Å²) in [6.45, 7) is 10.2. The minimum atomic E-state index is -0.0294. The molecule has 2 fully saturated rings. The standard InChI is InChI=1S/C17H30N6O2/c1-2-12-25-15-4-3-7-22(13-15)17(24)16-14-23(20-19-16)11-10-21-8-5-18-6-9-21/h14-15,18H,2-13H2,1H3/t15-/m1/s1. The maximum absolute atomic E-state index is 12.7. The van der Waals surface area contributed by atoms with Gasteiger partial charge in [0.25, 0.3) is 5.91 Å². The van der Waals surface area contributed by atoms with Gasteiger partial charge < -0.3 is 15.0 Å². The Morgan fingerprint density at radius 2 is 2.16 bits per heavy atom. The van der Waals surface area contributed by atoms with E-state index < -0.39 is 0 Å². The van der Waals surface area contributed by atoms with Crippen molar-refractivity contribution in [3.05, 3.63) is 11.9 Å². The molecule has 2 aliphatic rings. The fourth-order valence-corrected chi connectivity index (χ4v) is 3.39. The van der Waals surface area contributed by atoms with Gasteiger partial charge in [0, 0.05) is 52.4 Å². The minimum Gasteiger partial charge on any atom is -0.376 e. The first kappa shape index (κ1) is 18.3. The third-order valence-electron chi connectivity index (χ3n) is 4.84. The van der Waals surface area contributed by atoms with Gasteiger partial charge in [-0.15, -0.1) is 5.10 Å². The van der Waals surface area contributed by atoms with Crippen molar-refractivity contribution in [3.8, 4) is 0 Å². The van der Waals surface area contributed by atoms with Gasteiger partial charge in [0.2, 0.25) is 0 Å². The van der Waals surface area contributed by atoms with Crippen molar-refractivity contribution in [2.45, 2.75) is 38.8 Å². The summed E-state index contributed by atoms with van der Waals surface area (Å²) in [5.41, 5.74) is 0.441. The monoisotopic (exact) mass is 350 g/mol. The molecule has 1 aromatic rings. The lowest BCUT2D eigenvalue weighted by Crippen LogP contribution is -2.44. The lowest BCUT2D eigenvalue weighted by molar-refractivity contribution is 0.00192. The lowest BCUT2D eigenvalue weighted by atomic mass is 10.1. The van der Waals surface area contributed by atoms with Crippen LogP contribution >= 0.6 is 0 Å². The molecule has 2 aliphatic heterocycles. The van der Waals surface area contributed by atoms with Crippen molar-refractivity contribution in [1.29, 1.82) is 0 Å². The number of amides is 1. The van der Waals surface area contributed by atoms with Gasteiger partial charge in [-0.2, -0.15) is 0 Å². The van der Waals surface area contributed by atoms with E-state index in [0.29, 0.717) is 12.2 Å². The van der Waals surface area contributed by atoms with Gasteiger partial charge in [0.15, 0.2) is 5.69 Å². The van der Waals surface area contributed by atoms with Crippen LogP contribution < -0.4 is 5.32 Å². The summed E-state index contributed by atoms with van der Waals surface area (Å²) in [5, 5.41) is 11.6. The average molecular weight is 350 g/mol. The molecule has 3 rings (SSSR count). The first-order chi connectivity index (χ1) is 12.3. The number of piperazine rings is 1. The first-order valence-electron chi connectivity index (χ1n) is 9.50. The third-order valence-corrected chi connectivity index (χ3v) is 4.84. The van der Waals surface area contributed by atoms with Crippen LogP contribution in [0, 0.1) is 0 Å². The van der Waals surface area contributed by atoms with E-state index in [4.69, 9.17) is 4.74 Å². The molecule has 0 unspecified atom stereocenters. The van der Waals surface area contributed by atoms with E-state index in [2.05, 4.69) is 27.5 Å². The second-order valence-electron chi connectivity index (χ2n) is 6.84. The van der Waals surface area contributed by atoms with Crippen LogP contribution in [0.3, 0.4) is 0 Å². The quantitative estimate of drug-likeness (QED) is 0.758. The molecule has 0 aromatic carbocycles. The number of rotatable bonds is 7. The van der Waals surface area contributed by atoms with E-state index in [-0.39, 0.29) is 12.0 Å². The van der Waals surface area contributed by atoms with E-state index in [1.807, 2.05) is 4.90 Å². The van der Waals surface area contributed by atoms with Gasteiger partial charge in [-0.1, -0.05) is 12.1 Å². The molecule has 0 aliphatic carbocycles. The second kappa shape index (κ2) is 9.26. The highest BCUT2D eigenvalue weighted by molar-refractivity contribution is 5.92. The normalized spacial score (nSPS) is 22.3. The molecule has 0 bridgehead atoms. The zero-order valence-corrected chi connectivity index (χ0v) is 15.2. The number of ether oxygens (including phenoxy) is 1. The van der Waals surface area contributed by atoms with Crippen LogP contribution in [-0.2, 0) is 11.3 Å². The Labute approximate surface area is 149 Å². The number of nitrogens with one attached hydrogen (secondary N) is 1. The lowest BCUT2D eigenvalue weighted by Gasteiger charge is -2.32. The Morgan fingerprint density at radius 1 is 1.32 bits per heavy atom. The highest BCUT2D eigenvalue weighted by Gasteiger charge is 2.26. The fourth-order valence-electron chi connectivity index (χ4n) is 3.39. The molecule has 2 saturated heterocycles. The molecular formula is C17H30N6O2. The van der Waals surface area contributed by atoms with Gasteiger partial charge in [-0.25, -0.2) is 0 Å². The van der Waals surface area contributed by atoms with Gasteiger partial charge in [-0.3, -0.25) is 14.4 Å². The van der Waals surface area contributed by atoms with Crippen molar-refractivity contribution in [3.63, 3.8) is 0 Å². The van der Waals surface area contributed by atoms with E-state index >= 15 is 0 Å². The Kier molecular flexibility index (Phi) is 6.77. The molecule has 1 aromatic heterocycles. The summed E-state index contributed by atoms with van der Waals surface area (Å²) < 4.78 is 7.60. The summed E-state index contributed by atoms with van der Waals surface area (Å²) >= 11 is 0. The largest absolute Gasteiger partial charge is 0.376 e. The topological polar surface area (TPSA) is 75.5 Å². The fraction of sp³-hybridized carbons (Fsp3) is 0.824. The SMILES string of the molecule is CCCO[C@@H]1CCCN(C(=O)c2cn(CCN3CCNCC3)nn2)C1. The number of carbonyl (C=O) groups excluding carboxylic acids is 1. The highest BCUT2D eigenvalue weighted by atomic mass is 16.5.